The van der Waals surface area contributed by atoms with Crippen molar-refractivity contribution < 1.29 is 17.9 Å². The molecule has 0 saturated heterocycles. The fraction of sp³-hybridized carbons (Fsp3) is 0.158. The van der Waals surface area contributed by atoms with E-state index in [2.05, 4.69) is 21.9 Å². The number of hydrogen-bond donors (Lipinski definition) is 1. The molecule has 1 heterocycles. The molecule has 0 saturated carbocycles. The summed E-state index contributed by atoms with van der Waals surface area (Å²) >= 11 is 0. The standard InChI is InChI=1S/C19H16F3N3O/c1-11(13-5-4-6-14(9-13)19(20,21)22)23-18-16-8-7-15(26-3)10-17(16)24-12(2)25-18/h4-10H,1H2,2-3H3,(H,23,24,25). The maximum atomic E-state index is 12.9. The van der Waals surface area contributed by atoms with Crippen molar-refractivity contribution in [1.82, 2.24) is 9.97 Å². The molecule has 7 heteroatoms. The molecule has 0 spiro atoms. The average Bonchev–Trinajstić information content (AvgIpc) is 2.60. The fourth-order valence-corrected chi connectivity index (χ4v) is 2.55. The molecule has 1 aromatic heterocycles. The molecule has 0 unspecified atom stereocenters. The molecule has 2 aromatic carbocycles. The summed E-state index contributed by atoms with van der Waals surface area (Å²) in [6.07, 6.45) is -4.41. The summed E-state index contributed by atoms with van der Waals surface area (Å²) in [5.41, 5.74) is 0.576. The van der Waals surface area contributed by atoms with Crippen molar-refractivity contribution in [3.63, 3.8) is 0 Å². The molecule has 0 aliphatic rings. The Kier molecular flexibility index (Phi) is 4.54. The van der Waals surface area contributed by atoms with Gasteiger partial charge in [0.05, 0.1) is 18.2 Å². The predicted octanol–water partition coefficient (Wildman–Crippen LogP) is 5.05. The van der Waals surface area contributed by atoms with Gasteiger partial charge < -0.3 is 10.1 Å². The van der Waals surface area contributed by atoms with Crippen molar-refractivity contribution in [3.05, 3.63) is 66.0 Å². The molecule has 0 radical (unpaired) electrons. The van der Waals surface area contributed by atoms with Gasteiger partial charge in [-0.2, -0.15) is 13.2 Å². The zero-order valence-corrected chi connectivity index (χ0v) is 14.2. The first-order chi connectivity index (χ1) is 12.3. The first kappa shape index (κ1) is 17.7. The predicted molar refractivity (Wildman–Crippen MR) is 94.9 cm³/mol. The zero-order chi connectivity index (χ0) is 18.9. The molecule has 134 valence electrons. The average molecular weight is 359 g/mol. The molecule has 0 fully saturated rings. The number of benzene rings is 2. The first-order valence-electron chi connectivity index (χ1n) is 7.74. The van der Waals surface area contributed by atoms with Crippen LogP contribution in [0, 0.1) is 6.92 Å². The Balaban J connectivity index is 1.97. The largest absolute Gasteiger partial charge is 0.497 e. The van der Waals surface area contributed by atoms with E-state index >= 15 is 0 Å². The summed E-state index contributed by atoms with van der Waals surface area (Å²) in [6.45, 7) is 5.58. The van der Waals surface area contributed by atoms with Crippen molar-refractivity contribution in [2.24, 2.45) is 0 Å². The highest BCUT2D eigenvalue weighted by atomic mass is 19.4. The van der Waals surface area contributed by atoms with Gasteiger partial charge in [-0.3, -0.25) is 0 Å². The van der Waals surface area contributed by atoms with Gasteiger partial charge in [-0.05, 0) is 36.8 Å². The molecule has 0 atom stereocenters. The van der Waals surface area contributed by atoms with Crippen LogP contribution >= 0.6 is 0 Å². The molecule has 0 aliphatic heterocycles. The van der Waals surface area contributed by atoms with E-state index in [9.17, 15) is 13.2 Å². The quantitative estimate of drug-likeness (QED) is 0.708. The Hall–Kier alpha value is -3.09. The van der Waals surface area contributed by atoms with Crippen LogP contribution in [0.3, 0.4) is 0 Å². The highest BCUT2D eigenvalue weighted by Crippen LogP contribution is 2.32. The number of ether oxygens (including phenoxy) is 1. The van der Waals surface area contributed by atoms with E-state index in [1.54, 1.807) is 38.3 Å². The van der Waals surface area contributed by atoms with Gasteiger partial charge >= 0.3 is 6.18 Å². The van der Waals surface area contributed by atoms with Crippen LogP contribution in [0.25, 0.3) is 16.6 Å². The highest BCUT2D eigenvalue weighted by Gasteiger charge is 2.30. The third-order valence-corrected chi connectivity index (χ3v) is 3.82. The van der Waals surface area contributed by atoms with Crippen LogP contribution in [0.15, 0.2) is 49.0 Å². The number of methoxy groups -OCH3 is 1. The number of alkyl halides is 3. The van der Waals surface area contributed by atoms with Gasteiger partial charge in [-0.1, -0.05) is 18.7 Å². The van der Waals surface area contributed by atoms with E-state index in [0.717, 1.165) is 12.1 Å². The summed E-state index contributed by atoms with van der Waals surface area (Å²) in [5, 5.41) is 3.72. The van der Waals surface area contributed by atoms with Gasteiger partial charge in [-0.25, -0.2) is 9.97 Å². The molecule has 3 aromatic rings. The SMILES string of the molecule is C=C(Nc1nc(C)nc2cc(OC)ccc12)c1cccc(C(F)(F)F)c1. The van der Waals surface area contributed by atoms with Crippen LogP contribution in [0.5, 0.6) is 5.75 Å². The molecular weight excluding hydrogens is 343 g/mol. The van der Waals surface area contributed by atoms with Gasteiger partial charge in [0.1, 0.15) is 17.4 Å². The minimum atomic E-state index is -4.41. The molecule has 3 rings (SSSR count). The van der Waals surface area contributed by atoms with Gasteiger partial charge in [0.2, 0.25) is 0 Å². The van der Waals surface area contributed by atoms with Crippen LogP contribution in [-0.4, -0.2) is 17.1 Å². The van der Waals surface area contributed by atoms with Crippen LogP contribution in [-0.2, 0) is 6.18 Å². The van der Waals surface area contributed by atoms with Gasteiger partial charge in [-0.15, -0.1) is 0 Å². The number of fused-ring (bicyclic) bond motifs is 1. The smallest absolute Gasteiger partial charge is 0.416 e. The molecule has 1 N–H and O–H groups in total. The number of halogens is 3. The Morgan fingerprint density at radius 2 is 1.88 bits per heavy atom. The van der Waals surface area contributed by atoms with Gasteiger partial charge in [0.25, 0.3) is 0 Å². The van der Waals surface area contributed by atoms with E-state index < -0.39 is 11.7 Å². The Labute approximate surface area is 148 Å². The monoisotopic (exact) mass is 359 g/mol. The summed E-state index contributed by atoms with van der Waals surface area (Å²) in [7, 11) is 1.56. The lowest BCUT2D eigenvalue weighted by Crippen LogP contribution is -2.07. The second-order valence-corrected chi connectivity index (χ2v) is 5.68. The number of aryl methyl sites for hydroxylation is 1. The number of anilines is 1. The Bertz CT molecular complexity index is 983. The van der Waals surface area contributed by atoms with E-state index in [1.165, 1.54) is 6.07 Å². The molecule has 26 heavy (non-hydrogen) atoms. The molecule has 0 bridgehead atoms. The van der Waals surface area contributed by atoms with Gasteiger partial charge in [0, 0.05) is 17.1 Å². The minimum absolute atomic E-state index is 0.311. The summed E-state index contributed by atoms with van der Waals surface area (Å²) in [6, 6.07) is 10.3. The summed E-state index contributed by atoms with van der Waals surface area (Å²) in [4.78, 5) is 8.71. The van der Waals surface area contributed by atoms with E-state index in [4.69, 9.17) is 4.74 Å². The lowest BCUT2D eigenvalue weighted by Gasteiger charge is -2.14. The van der Waals surface area contributed by atoms with Crippen molar-refractivity contribution in [2.75, 3.05) is 12.4 Å². The number of nitrogens with one attached hydrogen (secondary N) is 1. The second-order valence-electron chi connectivity index (χ2n) is 5.68. The summed E-state index contributed by atoms with van der Waals surface area (Å²) < 4.78 is 43.9. The van der Waals surface area contributed by atoms with Crippen LogP contribution in [0.2, 0.25) is 0 Å². The van der Waals surface area contributed by atoms with Crippen molar-refractivity contribution >= 4 is 22.4 Å². The maximum Gasteiger partial charge on any atom is 0.416 e. The maximum absolute atomic E-state index is 12.9. The molecule has 0 aliphatic carbocycles. The van der Waals surface area contributed by atoms with E-state index in [0.29, 0.717) is 39.6 Å². The lowest BCUT2D eigenvalue weighted by molar-refractivity contribution is -0.137. The number of hydrogen-bond acceptors (Lipinski definition) is 4. The summed E-state index contributed by atoms with van der Waals surface area (Å²) in [5.74, 6) is 1.64. The zero-order valence-electron chi connectivity index (χ0n) is 14.2. The minimum Gasteiger partial charge on any atom is -0.497 e. The molecular formula is C19H16F3N3O. The topological polar surface area (TPSA) is 47.0 Å². The third-order valence-electron chi connectivity index (χ3n) is 3.82. The normalized spacial score (nSPS) is 11.4. The van der Waals surface area contributed by atoms with Gasteiger partial charge in [0.15, 0.2) is 0 Å². The van der Waals surface area contributed by atoms with Crippen LogP contribution in [0.1, 0.15) is 17.0 Å². The first-order valence-corrected chi connectivity index (χ1v) is 7.74. The molecule has 0 amide bonds. The number of nitrogens with zero attached hydrogens (tertiary/aromatic N) is 2. The molecule has 4 nitrogen and oxygen atoms in total. The third kappa shape index (κ3) is 3.61. The van der Waals surface area contributed by atoms with Crippen molar-refractivity contribution in [3.8, 4) is 5.75 Å². The van der Waals surface area contributed by atoms with Crippen molar-refractivity contribution in [2.45, 2.75) is 13.1 Å². The highest BCUT2D eigenvalue weighted by molar-refractivity contribution is 5.93. The number of aromatic nitrogens is 2. The van der Waals surface area contributed by atoms with E-state index in [-0.39, 0.29) is 0 Å². The Morgan fingerprint density at radius 3 is 2.58 bits per heavy atom. The van der Waals surface area contributed by atoms with Crippen LogP contribution < -0.4 is 10.1 Å². The Morgan fingerprint density at radius 1 is 1.12 bits per heavy atom. The van der Waals surface area contributed by atoms with E-state index in [1.807, 2.05) is 0 Å². The lowest BCUT2D eigenvalue weighted by atomic mass is 10.1. The number of rotatable bonds is 4. The van der Waals surface area contributed by atoms with Crippen molar-refractivity contribution in [1.29, 1.82) is 0 Å². The second kappa shape index (κ2) is 6.67. The fourth-order valence-electron chi connectivity index (χ4n) is 2.55. The van der Waals surface area contributed by atoms with Crippen LogP contribution in [0.4, 0.5) is 19.0 Å².